The van der Waals surface area contributed by atoms with E-state index in [2.05, 4.69) is 15.5 Å². The van der Waals surface area contributed by atoms with Crippen molar-refractivity contribution in [3.05, 3.63) is 28.4 Å². The molecule has 1 amide bonds. The summed E-state index contributed by atoms with van der Waals surface area (Å²) in [5, 5.41) is 11.3. The molecule has 0 spiro atoms. The van der Waals surface area contributed by atoms with Gasteiger partial charge in [0.2, 0.25) is 5.91 Å². The van der Waals surface area contributed by atoms with Crippen molar-refractivity contribution in [3.63, 3.8) is 0 Å². The summed E-state index contributed by atoms with van der Waals surface area (Å²) >= 11 is 0. The Morgan fingerprint density at radius 1 is 1.43 bits per heavy atom. The van der Waals surface area contributed by atoms with Gasteiger partial charge in [-0.2, -0.15) is 10.2 Å². The van der Waals surface area contributed by atoms with Gasteiger partial charge >= 0.3 is 0 Å². The van der Waals surface area contributed by atoms with Crippen LogP contribution in [-0.2, 0) is 17.8 Å². The van der Waals surface area contributed by atoms with Crippen molar-refractivity contribution in [1.29, 1.82) is 0 Å². The topological polar surface area (TPSA) is 81.3 Å². The zero-order valence-electron chi connectivity index (χ0n) is 12.1. The Balaban J connectivity index is 1.84. The number of fused-ring (bicyclic) bond motifs is 1. The maximum Gasteiger partial charge on any atom is 0.293 e. The number of amides is 1. The van der Waals surface area contributed by atoms with Crippen LogP contribution < -0.4 is 10.9 Å². The Morgan fingerprint density at radius 3 is 2.90 bits per heavy atom. The highest BCUT2D eigenvalue weighted by Gasteiger charge is 2.18. The first kappa shape index (κ1) is 13.8. The van der Waals surface area contributed by atoms with Crippen LogP contribution in [0.5, 0.6) is 0 Å². The van der Waals surface area contributed by atoms with Crippen LogP contribution in [0.4, 0.5) is 0 Å². The highest BCUT2D eigenvalue weighted by atomic mass is 16.2. The van der Waals surface area contributed by atoms with E-state index in [-0.39, 0.29) is 24.1 Å². The van der Waals surface area contributed by atoms with Gasteiger partial charge < -0.3 is 5.32 Å². The Labute approximate surface area is 122 Å². The molecule has 0 aliphatic heterocycles. The smallest absolute Gasteiger partial charge is 0.293 e. The molecule has 0 radical (unpaired) electrons. The second kappa shape index (κ2) is 5.67. The molecule has 0 atom stereocenters. The first-order chi connectivity index (χ1) is 10.2. The second-order valence-corrected chi connectivity index (χ2v) is 5.41. The summed E-state index contributed by atoms with van der Waals surface area (Å²) in [4.78, 5) is 24.4. The van der Waals surface area contributed by atoms with E-state index in [0.717, 1.165) is 25.7 Å². The highest BCUT2D eigenvalue weighted by Crippen LogP contribution is 2.17. The van der Waals surface area contributed by atoms with Crippen molar-refractivity contribution < 1.29 is 4.79 Å². The molecule has 0 unspecified atom stereocenters. The summed E-state index contributed by atoms with van der Waals surface area (Å²) in [6.07, 6.45) is 6.57. The van der Waals surface area contributed by atoms with Crippen LogP contribution in [0.1, 0.15) is 38.4 Å². The number of carbonyl (C=O) groups excluding carboxylic acids is 1. The third-order valence-electron chi connectivity index (χ3n) is 3.91. The van der Waals surface area contributed by atoms with E-state index in [1.54, 1.807) is 12.3 Å². The lowest BCUT2D eigenvalue weighted by atomic mass is 10.2. The number of aromatic nitrogens is 4. The summed E-state index contributed by atoms with van der Waals surface area (Å²) < 4.78 is 2.77. The van der Waals surface area contributed by atoms with Crippen molar-refractivity contribution >= 4 is 11.4 Å². The predicted octanol–water partition coefficient (Wildman–Crippen LogP) is 0.512. The van der Waals surface area contributed by atoms with Gasteiger partial charge in [0.05, 0.1) is 6.20 Å². The van der Waals surface area contributed by atoms with Crippen LogP contribution in [0.2, 0.25) is 0 Å². The van der Waals surface area contributed by atoms with Crippen LogP contribution in [-0.4, -0.2) is 31.3 Å². The Kier molecular flexibility index (Phi) is 3.72. The lowest BCUT2D eigenvalue weighted by Crippen LogP contribution is -2.39. The van der Waals surface area contributed by atoms with E-state index in [0.29, 0.717) is 17.8 Å². The summed E-state index contributed by atoms with van der Waals surface area (Å²) in [7, 11) is 0. The number of hydrogen-bond acceptors (Lipinski definition) is 4. The fraction of sp³-hybridized carbons (Fsp3) is 0.571. The minimum absolute atomic E-state index is 0.0377. The van der Waals surface area contributed by atoms with E-state index >= 15 is 0 Å². The average molecular weight is 289 g/mol. The van der Waals surface area contributed by atoms with Crippen LogP contribution in [0.25, 0.3) is 5.52 Å². The maximum atomic E-state index is 12.3. The zero-order valence-corrected chi connectivity index (χ0v) is 12.1. The second-order valence-electron chi connectivity index (χ2n) is 5.41. The van der Waals surface area contributed by atoms with Gasteiger partial charge in [-0.15, -0.1) is 0 Å². The number of hydrogen-bond donors (Lipinski definition) is 1. The Bertz CT molecular complexity index is 712. The molecule has 112 valence electrons. The quantitative estimate of drug-likeness (QED) is 0.889. The molecule has 1 saturated carbocycles. The van der Waals surface area contributed by atoms with Crippen molar-refractivity contribution in [2.45, 2.75) is 51.6 Å². The van der Waals surface area contributed by atoms with Crippen LogP contribution in [0.3, 0.4) is 0 Å². The Hall–Kier alpha value is -2.18. The lowest BCUT2D eigenvalue weighted by molar-refractivity contribution is -0.122. The van der Waals surface area contributed by atoms with Crippen LogP contribution >= 0.6 is 0 Å². The van der Waals surface area contributed by atoms with Gasteiger partial charge in [-0.1, -0.05) is 19.8 Å². The van der Waals surface area contributed by atoms with E-state index in [1.807, 2.05) is 6.92 Å². The van der Waals surface area contributed by atoms with Crippen molar-refractivity contribution in [1.82, 2.24) is 24.7 Å². The minimum atomic E-state index is -0.286. The van der Waals surface area contributed by atoms with Crippen LogP contribution in [0, 0.1) is 0 Å². The Morgan fingerprint density at radius 2 is 2.19 bits per heavy atom. The molecule has 7 nitrogen and oxygen atoms in total. The van der Waals surface area contributed by atoms with Crippen molar-refractivity contribution in [2.24, 2.45) is 0 Å². The van der Waals surface area contributed by atoms with Gasteiger partial charge in [-0.25, -0.2) is 9.20 Å². The number of rotatable bonds is 4. The van der Waals surface area contributed by atoms with Gasteiger partial charge in [0.15, 0.2) is 5.82 Å². The minimum Gasteiger partial charge on any atom is -0.352 e. The normalized spacial score (nSPS) is 15.7. The van der Waals surface area contributed by atoms with E-state index in [9.17, 15) is 9.59 Å². The molecule has 2 aromatic rings. The molecule has 21 heavy (non-hydrogen) atoms. The number of aryl methyl sites for hydroxylation is 1. The first-order valence-corrected chi connectivity index (χ1v) is 7.42. The third kappa shape index (κ3) is 2.68. The summed E-state index contributed by atoms with van der Waals surface area (Å²) in [5.41, 5.74) is 0.168. The SMILES string of the molecule is CCc1nn(CC(=O)NC2CCCC2)c(=O)c2ccnn12. The molecule has 7 heteroatoms. The number of carbonyl (C=O) groups is 1. The molecule has 2 aromatic heterocycles. The fourth-order valence-corrected chi connectivity index (χ4v) is 2.84. The van der Waals surface area contributed by atoms with Gasteiger partial charge in [0.25, 0.3) is 5.56 Å². The molecule has 1 aliphatic rings. The molecular weight excluding hydrogens is 270 g/mol. The van der Waals surface area contributed by atoms with Gasteiger partial charge in [0, 0.05) is 12.5 Å². The van der Waals surface area contributed by atoms with Crippen molar-refractivity contribution in [2.75, 3.05) is 0 Å². The van der Waals surface area contributed by atoms with E-state index in [4.69, 9.17) is 0 Å². The summed E-state index contributed by atoms with van der Waals surface area (Å²) in [5.74, 6) is 0.519. The molecular formula is C14H19N5O2. The molecule has 1 N–H and O–H groups in total. The fourth-order valence-electron chi connectivity index (χ4n) is 2.84. The van der Waals surface area contributed by atoms with E-state index < -0.39 is 0 Å². The molecule has 2 heterocycles. The number of nitrogens with one attached hydrogen (secondary N) is 1. The molecule has 1 fully saturated rings. The molecule has 0 aromatic carbocycles. The average Bonchev–Trinajstić information content (AvgIpc) is 3.13. The van der Waals surface area contributed by atoms with E-state index in [1.165, 1.54) is 9.20 Å². The largest absolute Gasteiger partial charge is 0.352 e. The van der Waals surface area contributed by atoms with Gasteiger partial charge in [0.1, 0.15) is 12.1 Å². The van der Waals surface area contributed by atoms with Crippen LogP contribution in [0.15, 0.2) is 17.1 Å². The first-order valence-electron chi connectivity index (χ1n) is 7.42. The predicted molar refractivity (Wildman–Crippen MR) is 77.0 cm³/mol. The molecule has 0 bridgehead atoms. The summed E-state index contributed by atoms with van der Waals surface area (Å²) in [6.45, 7) is 1.90. The molecule has 1 aliphatic carbocycles. The standard InChI is InChI=1S/C14H19N5O2/c1-2-12-17-18(14(21)11-7-8-15-19(11)12)9-13(20)16-10-5-3-4-6-10/h7-8,10H,2-6,9H2,1H3,(H,16,20). The monoisotopic (exact) mass is 289 g/mol. The lowest BCUT2D eigenvalue weighted by Gasteiger charge is -2.13. The van der Waals surface area contributed by atoms with Crippen molar-refractivity contribution in [3.8, 4) is 0 Å². The third-order valence-corrected chi connectivity index (χ3v) is 3.91. The molecule has 0 saturated heterocycles. The summed E-state index contributed by atoms with van der Waals surface area (Å²) in [6, 6.07) is 1.90. The van der Waals surface area contributed by atoms with Gasteiger partial charge in [-0.05, 0) is 18.9 Å². The zero-order chi connectivity index (χ0) is 14.8. The number of nitrogens with zero attached hydrogens (tertiary/aromatic N) is 4. The van der Waals surface area contributed by atoms with Gasteiger partial charge in [-0.3, -0.25) is 9.59 Å². The highest BCUT2D eigenvalue weighted by molar-refractivity contribution is 5.76. The maximum absolute atomic E-state index is 12.3. The molecule has 3 rings (SSSR count).